The van der Waals surface area contributed by atoms with Crippen LogP contribution in [-0.2, 0) is 46.5 Å². The lowest BCUT2D eigenvalue weighted by Gasteiger charge is -2.22. The van der Waals surface area contributed by atoms with Gasteiger partial charge in [-0.15, -0.1) is 0 Å². The molecule has 0 saturated carbocycles. The molecule has 0 unspecified atom stereocenters. The van der Waals surface area contributed by atoms with Crippen LogP contribution < -0.4 is 11.0 Å². The number of nitro groups is 4. The third-order valence-electron chi connectivity index (χ3n) is 9.97. The molecule has 0 radical (unpaired) electrons. The zero-order valence-electron chi connectivity index (χ0n) is 31.5. The number of hydrogen-bond acceptors (Lipinski definition) is 18. The topological polar surface area (TPSA) is 308 Å². The van der Waals surface area contributed by atoms with Gasteiger partial charge in [0.05, 0.1) is 72.0 Å². The Morgan fingerprint density at radius 1 is 0.902 bits per heavy atom. The Morgan fingerprint density at radius 2 is 1.54 bits per heavy atom. The predicted octanol–water partition coefficient (Wildman–Crippen LogP) is 3.71. The van der Waals surface area contributed by atoms with Crippen LogP contribution in [0, 0.1) is 40.5 Å². The van der Waals surface area contributed by atoms with Crippen molar-refractivity contribution in [2.45, 2.75) is 45.6 Å². The third kappa shape index (κ3) is 7.32. The van der Waals surface area contributed by atoms with Crippen LogP contribution in [0.4, 0.5) is 22.7 Å². The summed E-state index contributed by atoms with van der Waals surface area (Å²) in [6, 6.07) is 11.5. The summed E-state index contributed by atoms with van der Waals surface area (Å²) in [5.74, 6) is -1.09. The number of pyridine rings is 2. The molecule has 0 bridgehead atoms. The van der Waals surface area contributed by atoms with E-state index in [0.717, 1.165) is 12.1 Å². The molecule has 3 heterocycles. The van der Waals surface area contributed by atoms with E-state index in [-0.39, 0.29) is 38.0 Å². The number of carbonyl (C=O) groups excluding carboxylic acids is 3. The largest absolute Gasteiger partial charge is 0.537 e. The molecule has 1 aliphatic carbocycles. The van der Waals surface area contributed by atoms with Crippen molar-refractivity contribution in [2.24, 2.45) is 5.16 Å². The van der Waals surface area contributed by atoms with Crippen LogP contribution in [0.2, 0.25) is 0 Å². The molecule has 2 aromatic heterocycles. The summed E-state index contributed by atoms with van der Waals surface area (Å²) in [5.41, 5.74) is -3.51. The van der Waals surface area contributed by atoms with E-state index in [0.29, 0.717) is 51.9 Å². The molecule has 0 fully saturated rings. The number of nitrogens with zero attached hydrogens (tertiary/aromatic N) is 7. The van der Waals surface area contributed by atoms with Gasteiger partial charge in [0.2, 0.25) is 6.10 Å². The average molecular weight is 835 g/mol. The number of hydrogen-bond donors (Lipinski definition) is 0. The van der Waals surface area contributed by atoms with Gasteiger partial charge in [-0.3, -0.25) is 54.8 Å². The SMILES string of the molecule is CC[C@H](OC(=O)[C@@H](C)ON=C1c2cc([N+](=O)[O-])cc([N+](=O)[O-])c2-c2c1cc([N+](=O)[O-])cc2[N+](=O)[O-])c1cc2n(c(=O)c1COC=O)Cc1cc3cc(BOC=O)ccc3nc1-2. The van der Waals surface area contributed by atoms with E-state index in [2.05, 4.69) is 5.16 Å². The van der Waals surface area contributed by atoms with Gasteiger partial charge in [0.1, 0.15) is 18.4 Å². The first kappa shape index (κ1) is 40.8. The van der Waals surface area contributed by atoms with Crippen LogP contribution in [0.15, 0.2) is 64.5 Å². The first-order valence-corrected chi connectivity index (χ1v) is 17.9. The molecule has 0 saturated heterocycles. The normalized spacial score (nSPS) is 12.8. The van der Waals surface area contributed by atoms with Crippen LogP contribution in [0.3, 0.4) is 0 Å². The van der Waals surface area contributed by atoms with Gasteiger partial charge in [0.15, 0.2) is 0 Å². The Balaban J connectivity index is 1.25. The van der Waals surface area contributed by atoms with Gasteiger partial charge in [-0.25, -0.2) is 9.78 Å². The van der Waals surface area contributed by atoms with Gasteiger partial charge in [0.25, 0.3) is 41.3 Å². The zero-order chi connectivity index (χ0) is 43.9. The fourth-order valence-corrected chi connectivity index (χ4v) is 7.26. The highest BCUT2D eigenvalue weighted by Crippen LogP contribution is 2.50. The quantitative estimate of drug-likeness (QED) is 0.0334. The Labute approximate surface area is 340 Å². The number of benzene rings is 3. The molecule has 2 aliphatic rings. The second-order valence-electron chi connectivity index (χ2n) is 13.5. The Hall–Kier alpha value is -8.44. The van der Waals surface area contributed by atoms with Crippen molar-refractivity contribution in [3.05, 3.63) is 133 Å². The van der Waals surface area contributed by atoms with E-state index in [1.165, 1.54) is 11.5 Å². The highest BCUT2D eigenvalue weighted by atomic mass is 16.7. The molecule has 308 valence electrons. The highest BCUT2D eigenvalue weighted by Gasteiger charge is 2.42. The standard InChI is InChI=1S/C37H26BN7O16/c1-3-31(23-12-30-34-19(13-41(30)36(48)26(23)14-58-15-46)6-18-7-20(38-59-16-47)4-5-27(18)39-34)60-37(49)17(2)61-40-35-24-8-21(42(50)51)10-28(44(54)55)32(24)33-25(35)9-22(43(52)53)11-29(33)45(56)57/h4-12,15-17,31,38H,3,13-14H2,1-2H3/t17-,31+/m1/s1. The molecule has 0 amide bonds. The molecule has 0 spiro atoms. The predicted molar refractivity (Wildman–Crippen MR) is 209 cm³/mol. The maximum atomic E-state index is 14.0. The summed E-state index contributed by atoms with van der Waals surface area (Å²) in [5, 5.41) is 52.5. The number of rotatable bonds is 16. The molecule has 2 atom stereocenters. The van der Waals surface area contributed by atoms with Crippen molar-refractivity contribution < 1.29 is 53.0 Å². The van der Waals surface area contributed by atoms with Crippen molar-refractivity contribution >= 4 is 71.2 Å². The fraction of sp³-hybridized carbons (Fsp3) is 0.189. The summed E-state index contributed by atoms with van der Waals surface area (Å²) < 4.78 is 17.1. The molecule has 3 aromatic carbocycles. The number of nitro benzene ring substituents is 4. The molecule has 23 nitrogen and oxygen atoms in total. The molecular formula is C37H26BN7O16. The van der Waals surface area contributed by atoms with Gasteiger partial charge in [-0.1, -0.05) is 24.2 Å². The third-order valence-corrected chi connectivity index (χ3v) is 9.97. The number of ether oxygens (including phenoxy) is 2. The number of carbonyl (C=O) groups is 3. The fourth-order valence-electron chi connectivity index (χ4n) is 7.26. The van der Waals surface area contributed by atoms with Gasteiger partial charge in [-0.05, 0) is 37.0 Å². The van der Waals surface area contributed by atoms with E-state index in [9.17, 15) is 59.6 Å². The van der Waals surface area contributed by atoms with E-state index in [4.69, 9.17) is 23.9 Å². The average Bonchev–Trinajstić information content (AvgIpc) is 3.76. The summed E-state index contributed by atoms with van der Waals surface area (Å²) in [6.07, 6.45) is -2.75. The highest BCUT2D eigenvalue weighted by molar-refractivity contribution is 6.48. The maximum absolute atomic E-state index is 14.0. The van der Waals surface area contributed by atoms with Gasteiger partial charge in [0, 0.05) is 39.8 Å². The van der Waals surface area contributed by atoms with Gasteiger partial charge >= 0.3 is 13.5 Å². The maximum Gasteiger partial charge on any atom is 0.377 e. The van der Waals surface area contributed by atoms with Crippen LogP contribution in [0.1, 0.15) is 54.2 Å². The number of esters is 1. The van der Waals surface area contributed by atoms with Crippen molar-refractivity contribution in [1.82, 2.24) is 9.55 Å². The van der Waals surface area contributed by atoms with Crippen molar-refractivity contribution in [3.63, 3.8) is 0 Å². The number of aromatic nitrogens is 2. The van der Waals surface area contributed by atoms with Crippen molar-refractivity contribution in [2.75, 3.05) is 0 Å². The smallest absolute Gasteiger partial charge is 0.377 e. The molecule has 0 N–H and O–H groups in total. The molecule has 7 rings (SSSR count). The summed E-state index contributed by atoms with van der Waals surface area (Å²) in [6.45, 7) is 2.89. The Morgan fingerprint density at radius 3 is 2.10 bits per heavy atom. The Kier molecular flexibility index (Phi) is 10.7. The van der Waals surface area contributed by atoms with Gasteiger partial charge < -0.3 is 23.5 Å². The van der Waals surface area contributed by atoms with Crippen LogP contribution in [-0.4, -0.2) is 67.5 Å². The lowest BCUT2D eigenvalue weighted by Crippen LogP contribution is -2.29. The zero-order valence-corrected chi connectivity index (χ0v) is 31.5. The molecule has 5 aromatic rings. The lowest BCUT2D eigenvalue weighted by atomic mass is 9.87. The first-order chi connectivity index (χ1) is 29.2. The number of oxime groups is 1. The second kappa shape index (κ2) is 16.1. The van der Waals surface area contributed by atoms with Crippen molar-refractivity contribution in [1.29, 1.82) is 0 Å². The van der Waals surface area contributed by atoms with E-state index >= 15 is 0 Å². The van der Waals surface area contributed by atoms with Crippen LogP contribution >= 0.6 is 0 Å². The van der Waals surface area contributed by atoms with Crippen LogP contribution in [0.25, 0.3) is 33.4 Å². The van der Waals surface area contributed by atoms with E-state index in [1.807, 2.05) is 6.07 Å². The molecule has 24 heteroatoms. The first-order valence-electron chi connectivity index (χ1n) is 17.9. The minimum absolute atomic E-state index is 0.0134. The monoisotopic (exact) mass is 835 g/mol. The summed E-state index contributed by atoms with van der Waals surface area (Å²) in [4.78, 5) is 104. The van der Waals surface area contributed by atoms with Crippen molar-refractivity contribution in [3.8, 4) is 22.5 Å². The lowest BCUT2D eigenvalue weighted by molar-refractivity contribution is -0.395. The summed E-state index contributed by atoms with van der Waals surface area (Å²) in [7, 11) is 0.0427. The minimum Gasteiger partial charge on any atom is -0.537 e. The number of fused-ring (bicyclic) bond motifs is 7. The molecule has 61 heavy (non-hydrogen) atoms. The molecular weight excluding hydrogens is 809 g/mol. The second-order valence-corrected chi connectivity index (χ2v) is 13.5. The minimum atomic E-state index is -1.64. The van der Waals surface area contributed by atoms with Crippen LogP contribution in [0.5, 0.6) is 0 Å². The van der Waals surface area contributed by atoms with Gasteiger partial charge in [-0.2, -0.15) is 0 Å². The number of non-ortho nitro benzene ring substituents is 2. The summed E-state index contributed by atoms with van der Waals surface area (Å²) >= 11 is 0. The Bertz CT molecular complexity index is 2800. The van der Waals surface area contributed by atoms with E-state index in [1.54, 1.807) is 31.2 Å². The van der Waals surface area contributed by atoms with E-state index < -0.39 is 101 Å². The molecule has 1 aliphatic heterocycles.